The van der Waals surface area contributed by atoms with Crippen molar-refractivity contribution >= 4 is 29.1 Å². The maximum absolute atomic E-state index is 12.5. The largest absolute Gasteiger partial charge is 0.376 e. The van der Waals surface area contributed by atoms with Crippen LogP contribution in [0.5, 0.6) is 0 Å². The molecule has 0 aliphatic heterocycles. The molecular formula is C26H28N4O3. The molecule has 33 heavy (non-hydrogen) atoms. The number of anilines is 2. The predicted molar refractivity (Wildman–Crippen MR) is 130 cm³/mol. The summed E-state index contributed by atoms with van der Waals surface area (Å²) >= 11 is 0. The van der Waals surface area contributed by atoms with Crippen molar-refractivity contribution in [3.63, 3.8) is 0 Å². The monoisotopic (exact) mass is 444 g/mol. The lowest BCUT2D eigenvalue weighted by atomic mass is 10.1. The van der Waals surface area contributed by atoms with Crippen LogP contribution in [0.4, 0.5) is 11.4 Å². The predicted octanol–water partition coefficient (Wildman–Crippen LogP) is 3.93. The van der Waals surface area contributed by atoms with E-state index in [2.05, 4.69) is 16.0 Å². The summed E-state index contributed by atoms with van der Waals surface area (Å²) < 4.78 is 0. The van der Waals surface area contributed by atoms with Crippen molar-refractivity contribution in [2.24, 2.45) is 0 Å². The smallest absolute Gasteiger partial charge is 0.253 e. The Hall–Kier alpha value is -4.13. The molecule has 3 aromatic carbocycles. The van der Waals surface area contributed by atoms with Crippen LogP contribution in [0.1, 0.15) is 39.2 Å². The number of carbonyl (C=O) groups excluding carboxylic acids is 3. The van der Waals surface area contributed by atoms with Gasteiger partial charge in [-0.05, 0) is 55.0 Å². The van der Waals surface area contributed by atoms with Crippen LogP contribution in [0.3, 0.4) is 0 Å². The van der Waals surface area contributed by atoms with Crippen LogP contribution in [-0.4, -0.2) is 43.3 Å². The molecule has 0 aromatic heterocycles. The lowest BCUT2D eigenvalue weighted by Gasteiger charge is -2.14. The van der Waals surface area contributed by atoms with E-state index in [-0.39, 0.29) is 30.3 Å². The average Bonchev–Trinajstić information content (AvgIpc) is 2.83. The van der Waals surface area contributed by atoms with Crippen molar-refractivity contribution in [3.05, 3.63) is 95.6 Å². The number of benzene rings is 3. The summed E-state index contributed by atoms with van der Waals surface area (Å²) in [4.78, 5) is 38.4. The summed E-state index contributed by atoms with van der Waals surface area (Å²) in [5.74, 6) is -0.544. The van der Waals surface area contributed by atoms with Gasteiger partial charge in [0.15, 0.2) is 0 Å². The van der Waals surface area contributed by atoms with Crippen molar-refractivity contribution in [2.45, 2.75) is 13.0 Å². The zero-order chi connectivity index (χ0) is 23.8. The molecule has 0 saturated carbocycles. The van der Waals surface area contributed by atoms with Gasteiger partial charge in [0.05, 0.1) is 12.6 Å². The third-order valence-electron chi connectivity index (χ3n) is 5.05. The van der Waals surface area contributed by atoms with Crippen LogP contribution in [0.15, 0.2) is 78.9 Å². The first-order valence-corrected chi connectivity index (χ1v) is 10.6. The Labute approximate surface area is 193 Å². The molecule has 3 aromatic rings. The zero-order valence-corrected chi connectivity index (χ0v) is 19.0. The Kier molecular flexibility index (Phi) is 7.81. The van der Waals surface area contributed by atoms with Gasteiger partial charge >= 0.3 is 0 Å². The first kappa shape index (κ1) is 23.5. The van der Waals surface area contributed by atoms with Crippen LogP contribution >= 0.6 is 0 Å². The molecule has 7 nitrogen and oxygen atoms in total. The Balaban J connectivity index is 1.51. The molecular weight excluding hydrogens is 416 g/mol. The van der Waals surface area contributed by atoms with E-state index in [0.717, 1.165) is 5.56 Å². The summed E-state index contributed by atoms with van der Waals surface area (Å²) in [6.07, 6.45) is 0. The van der Waals surface area contributed by atoms with Gasteiger partial charge in [-0.15, -0.1) is 0 Å². The highest BCUT2D eigenvalue weighted by Crippen LogP contribution is 2.15. The average molecular weight is 445 g/mol. The van der Waals surface area contributed by atoms with Gasteiger partial charge in [0.2, 0.25) is 5.91 Å². The number of hydrogen-bond donors (Lipinski definition) is 3. The lowest BCUT2D eigenvalue weighted by molar-refractivity contribution is -0.114. The molecule has 3 N–H and O–H groups in total. The minimum atomic E-state index is -0.247. The highest BCUT2D eigenvalue weighted by Gasteiger charge is 2.12. The molecule has 7 heteroatoms. The van der Waals surface area contributed by atoms with E-state index in [1.54, 1.807) is 62.6 Å². The minimum absolute atomic E-state index is 0.0441. The quantitative estimate of drug-likeness (QED) is 0.491. The maximum atomic E-state index is 12.5. The third-order valence-corrected chi connectivity index (χ3v) is 5.05. The van der Waals surface area contributed by atoms with E-state index < -0.39 is 0 Å². The zero-order valence-electron chi connectivity index (χ0n) is 19.0. The highest BCUT2D eigenvalue weighted by molar-refractivity contribution is 5.98. The SMILES string of the molecule is CC(NC(=O)c1ccc(NCC(=O)Nc2cccc(C(=O)N(C)C)c2)cc1)c1ccccc1. The van der Waals surface area contributed by atoms with Gasteiger partial charge in [-0.3, -0.25) is 14.4 Å². The molecule has 1 unspecified atom stereocenters. The Morgan fingerprint density at radius 3 is 2.18 bits per heavy atom. The fourth-order valence-electron chi connectivity index (χ4n) is 3.22. The Morgan fingerprint density at radius 1 is 0.818 bits per heavy atom. The van der Waals surface area contributed by atoms with Crippen molar-refractivity contribution in [1.82, 2.24) is 10.2 Å². The van der Waals surface area contributed by atoms with Gasteiger partial charge < -0.3 is 20.9 Å². The number of carbonyl (C=O) groups is 3. The molecule has 0 fully saturated rings. The fourth-order valence-corrected chi connectivity index (χ4v) is 3.22. The summed E-state index contributed by atoms with van der Waals surface area (Å²) in [5.41, 5.74) is 3.34. The second-order valence-corrected chi connectivity index (χ2v) is 7.87. The standard InChI is InChI=1S/C26H28N4O3/c1-18(19-8-5-4-6-9-19)28-25(32)20-12-14-22(15-13-20)27-17-24(31)29-23-11-7-10-21(16-23)26(33)30(2)3/h4-16,18,27H,17H2,1-3H3,(H,28,32)(H,29,31). The summed E-state index contributed by atoms with van der Waals surface area (Å²) in [7, 11) is 3.35. The van der Waals surface area contributed by atoms with E-state index in [1.807, 2.05) is 37.3 Å². The van der Waals surface area contributed by atoms with Gasteiger partial charge in [0, 0.05) is 36.6 Å². The van der Waals surface area contributed by atoms with Gasteiger partial charge in [-0.1, -0.05) is 36.4 Å². The van der Waals surface area contributed by atoms with Gasteiger partial charge in [0.25, 0.3) is 11.8 Å². The van der Waals surface area contributed by atoms with Crippen molar-refractivity contribution < 1.29 is 14.4 Å². The van der Waals surface area contributed by atoms with Crippen LogP contribution in [0, 0.1) is 0 Å². The van der Waals surface area contributed by atoms with Gasteiger partial charge in [-0.25, -0.2) is 0 Å². The van der Waals surface area contributed by atoms with Crippen LogP contribution in [-0.2, 0) is 4.79 Å². The number of amides is 3. The molecule has 3 rings (SSSR count). The van der Waals surface area contributed by atoms with Crippen molar-refractivity contribution in [3.8, 4) is 0 Å². The lowest BCUT2D eigenvalue weighted by Crippen LogP contribution is -2.26. The van der Waals surface area contributed by atoms with Crippen molar-refractivity contribution in [2.75, 3.05) is 31.3 Å². The van der Waals surface area contributed by atoms with E-state index >= 15 is 0 Å². The Bertz CT molecular complexity index is 1110. The molecule has 170 valence electrons. The number of rotatable bonds is 8. The van der Waals surface area contributed by atoms with Gasteiger partial charge in [-0.2, -0.15) is 0 Å². The second-order valence-electron chi connectivity index (χ2n) is 7.87. The molecule has 0 bridgehead atoms. The third kappa shape index (κ3) is 6.67. The van der Waals surface area contributed by atoms with Crippen LogP contribution < -0.4 is 16.0 Å². The van der Waals surface area contributed by atoms with Gasteiger partial charge in [0.1, 0.15) is 0 Å². The summed E-state index contributed by atoms with van der Waals surface area (Å²) in [5, 5.41) is 8.79. The molecule has 0 aliphatic rings. The van der Waals surface area contributed by atoms with E-state index in [4.69, 9.17) is 0 Å². The number of nitrogens with one attached hydrogen (secondary N) is 3. The topological polar surface area (TPSA) is 90.5 Å². The van der Waals surface area contributed by atoms with Crippen LogP contribution in [0.2, 0.25) is 0 Å². The minimum Gasteiger partial charge on any atom is -0.376 e. The molecule has 0 aliphatic carbocycles. The fraction of sp³-hybridized carbons (Fsp3) is 0.192. The van der Waals surface area contributed by atoms with Crippen LogP contribution in [0.25, 0.3) is 0 Å². The Morgan fingerprint density at radius 2 is 1.52 bits per heavy atom. The molecule has 1 atom stereocenters. The summed E-state index contributed by atoms with van der Waals surface area (Å²) in [6, 6.07) is 23.4. The molecule has 3 amide bonds. The number of hydrogen-bond acceptors (Lipinski definition) is 4. The molecule has 0 spiro atoms. The highest BCUT2D eigenvalue weighted by atomic mass is 16.2. The normalized spacial score (nSPS) is 11.2. The maximum Gasteiger partial charge on any atom is 0.253 e. The second kappa shape index (κ2) is 10.9. The van der Waals surface area contributed by atoms with Crippen molar-refractivity contribution in [1.29, 1.82) is 0 Å². The molecule has 0 heterocycles. The van der Waals surface area contributed by atoms with E-state index in [0.29, 0.717) is 22.5 Å². The first-order chi connectivity index (χ1) is 15.8. The van der Waals surface area contributed by atoms with E-state index in [9.17, 15) is 14.4 Å². The summed E-state index contributed by atoms with van der Waals surface area (Å²) in [6.45, 7) is 1.98. The molecule has 0 saturated heterocycles. The molecule has 0 radical (unpaired) electrons. The first-order valence-electron chi connectivity index (χ1n) is 10.6. The van der Waals surface area contributed by atoms with E-state index in [1.165, 1.54) is 4.90 Å². The number of nitrogens with zero attached hydrogens (tertiary/aromatic N) is 1.